The van der Waals surface area contributed by atoms with Crippen molar-refractivity contribution in [2.45, 2.75) is 31.9 Å². The molecular formula is C13H18N2O2S. The highest BCUT2D eigenvalue weighted by Crippen LogP contribution is 2.21. The minimum Gasteiger partial charge on any atom is -0.269 e. The van der Waals surface area contributed by atoms with Crippen LogP contribution in [0.25, 0.3) is 0 Å². The lowest BCUT2D eigenvalue weighted by Crippen LogP contribution is -2.37. The monoisotopic (exact) mass is 266 g/mol. The number of benzene rings is 1. The number of nitriles is 1. The first-order valence-corrected chi connectivity index (χ1v) is 7.50. The molecule has 0 saturated carbocycles. The van der Waals surface area contributed by atoms with Gasteiger partial charge in [-0.25, -0.2) is 8.42 Å². The number of nitrogens with zero attached hydrogens (tertiary/aromatic N) is 2. The van der Waals surface area contributed by atoms with Crippen LogP contribution in [0.5, 0.6) is 0 Å². The zero-order valence-electron chi connectivity index (χ0n) is 10.7. The number of hydrogen-bond donors (Lipinski definition) is 0. The molecule has 0 spiro atoms. The van der Waals surface area contributed by atoms with Crippen molar-refractivity contribution in [2.75, 3.05) is 10.8 Å². The molecule has 1 atom stereocenters. The first kappa shape index (κ1) is 14.5. The summed E-state index contributed by atoms with van der Waals surface area (Å²) in [4.78, 5) is 0. The molecule has 5 heteroatoms. The van der Waals surface area contributed by atoms with Gasteiger partial charge in [0.25, 0.3) is 10.0 Å². The van der Waals surface area contributed by atoms with Gasteiger partial charge in [-0.15, -0.1) is 0 Å². The Morgan fingerprint density at radius 1 is 1.33 bits per heavy atom. The fourth-order valence-electron chi connectivity index (χ4n) is 1.56. The molecule has 1 unspecified atom stereocenters. The predicted molar refractivity (Wildman–Crippen MR) is 72.7 cm³/mol. The van der Waals surface area contributed by atoms with E-state index in [1.165, 1.54) is 11.2 Å². The molecule has 4 nitrogen and oxygen atoms in total. The van der Waals surface area contributed by atoms with Gasteiger partial charge in [-0.2, -0.15) is 5.26 Å². The molecule has 0 aliphatic rings. The normalized spacial score (nSPS) is 12.7. The fraction of sp³-hybridized carbons (Fsp3) is 0.462. The van der Waals surface area contributed by atoms with Crippen LogP contribution in [0.3, 0.4) is 0 Å². The van der Waals surface area contributed by atoms with E-state index in [1.807, 2.05) is 13.0 Å². The van der Waals surface area contributed by atoms with E-state index in [4.69, 9.17) is 5.26 Å². The predicted octanol–water partition coefficient (Wildman–Crippen LogP) is 2.53. The maximum absolute atomic E-state index is 12.3. The first-order chi connectivity index (χ1) is 8.54. The molecule has 0 saturated heterocycles. The Kier molecular flexibility index (Phi) is 5.17. The number of para-hydroxylation sites is 1. The van der Waals surface area contributed by atoms with Gasteiger partial charge in [0.15, 0.2) is 5.25 Å². The van der Waals surface area contributed by atoms with Crippen molar-refractivity contribution in [3.63, 3.8) is 0 Å². The van der Waals surface area contributed by atoms with Crippen molar-refractivity contribution in [3.05, 3.63) is 30.3 Å². The maximum atomic E-state index is 12.3. The second kappa shape index (κ2) is 6.41. The molecule has 0 fully saturated rings. The lowest BCUT2D eigenvalue weighted by molar-refractivity contribution is 0.584. The minimum absolute atomic E-state index is 0.412. The van der Waals surface area contributed by atoms with E-state index in [0.717, 1.165) is 12.8 Å². The summed E-state index contributed by atoms with van der Waals surface area (Å²) < 4.78 is 25.9. The molecule has 0 aliphatic carbocycles. The van der Waals surface area contributed by atoms with Crippen LogP contribution < -0.4 is 4.31 Å². The molecular weight excluding hydrogens is 248 g/mol. The quantitative estimate of drug-likeness (QED) is 0.795. The minimum atomic E-state index is -3.60. The van der Waals surface area contributed by atoms with Gasteiger partial charge in [0.2, 0.25) is 0 Å². The third-order valence-corrected chi connectivity index (χ3v) is 4.70. The summed E-state index contributed by atoms with van der Waals surface area (Å²) in [5.41, 5.74) is 0.619. The molecule has 98 valence electrons. The molecule has 1 rings (SSSR count). The van der Waals surface area contributed by atoms with Crippen LogP contribution in [-0.4, -0.2) is 20.2 Å². The second-order valence-electron chi connectivity index (χ2n) is 4.08. The summed E-state index contributed by atoms with van der Waals surface area (Å²) in [5.74, 6) is 0. The van der Waals surface area contributed by atoms with E-state index in [2.05, 4.69) is 0 Å². The highest BCUT2D eigenvalue weighted by molar-refractivity contribution is 7.93. The van der Waals surface area contributed by atoms with E-state index >= 15 is 0 Å². The summed E-state index contributed by atoms with van der Waals surface area (Å²) in [7, 11) is -3.60. The molecule has 0 aliphatic heterocycles. The Labute approximate surface area is 109 Å². The SMILES string of the molecule is CCCCN(c1ccccc1)S(=O)(=O)C(C)C#N. The maximum Gasteiger partial charge on any atom is 0.251 e. The summed E-state index contributed by atoms with van der Waals surface area (Å²) >= 11 is 0. The third kappa shape index (κ3) is 3.23. The standard InChI is InChI=1S/C13H18N2O2S/c1-3-4-10-15(13-8-6-5-7-9-13)18(16,17)12(2)11-14/h5-9,12H,3-4,10H2,1-2H3. The topological polar surface area (TPSA) is 61.2 Å². The lowest BCUT2D eigenvalue weighted by Gasteiger charge is -2.25. The van der Waals surface area contributed by atoms with Crippen molar-refractivity contribution >= 4 is 15.7 Å². The van der Waals surface area contributed by atoms with E-state index in [0.29, 0.717) is 12.2 Å². The van der Waals surface area contributed by atoms with Gasteiger partial charge >= 0.3 is 0 Å². The summed E-state index contributed by atoms with van der Waals surface area (Å²) in [5, 5.41) is 7.80. The van der Waals surface area contributed by atoms with E-state index in [-0.39, 0.29) is 0 Å². The lowest BCUT2D eigenvalue weighted by atomic mass is 10.3. The Morgan fingerprint density at radius 3 is 2.44 bits per heavy atom. The zero-order valence-corrected chi connectivity index (χ0v) is 11.5. The van der Waals surface area contributed by atoms with Crippen molar-refractivity contribution in [2.24, 2.45) is 0 Å². The number of sulfonamides is 1. The molecule has 1 aromatic carbocycles. The third-order valence-electron chi connectivity index (χ3n) is 2.69. The van der Waals surface area contributed by atoms with Gasteiger partial charge < -0.3 is 0 Å². The van der Waals surface area contributed by atoms with Crippen LogP contribution in [0.4, 0.5) is 5.69 Å². The molecule has 1 aromatic rings. The van der Waals surface area contributed by atoms with Gasteiger partial charge in [0, 0.05) is 6.54 Å². The molecule has 0 aromatic heterocycles. The Morgan fingerprint density at radius 2 is 1.94 bits per heavy atom. The van der Waals surface area contributed by atoms with Crippen LogP contribution in [-0.2, 0) is 10.0 Å². The average molecular weight is 266 g/mol. The van der Waals surface area contributed by atoms with Crippen molar-refractivity contribution in [1.82, 2.24) is 0 Å². The molecule has 0 heterocycles. The highest BCUT2D eigenvalue weighted by Gasteiger charge is 2.28. The largest absolute Gasteiger partial charge is 0.269 e. The Bertz CT molecular complexity index is 506. The zero-order chi connectivity index (χ0) is 13.6. The van der Waals surface area contributed by atoms with Gasteiger partial charge in [-0.05, 0) is 25.5 Å². The number of anilines is 1. The molecule has 0 N–H and O–H groups in total. The highest BCUT2D eigenvalue weighted by atomic mass is 32.2. The summed E-state index contributed by atoms with van der Waals surface area (Å²) in [6, 6.07) is 10.7. The first-order valence-electron chi connectivity index (χ1n) is 6.00. The van der Waals surface area contributed by atoms with E-state index < -0.39 is 15.3 Å². The second-order valence-corrected chi connectivity index (χ2v) is 6.26. The van der Waals surface area contributed by atoms with E-state index in [9.17, 15) is 8.42 Å². The fourth-order valence-corrected chi connectivity index (χ4v) is 2.87. The van der Waals surface area contributed by atoms with Crippen LogP contribution in [0.1, 0.15) is 26.7 Å². The Balaban J connectivity index is 3.11. The van der Waals surface area contributed by atoms with Crippen molar-refractivity contribution in [3.8, 4) is 6.07 Å². The van der Waals surface area contributed by atoms with Gasteiger partial charge in [0.1, 0.15) is 0 Å². The molecule has 18 heavy (non-hydrogen) atoms. The van der Waals surface area contributed by atoms with Crippen molar-refractivity contribution in [1.29, 1.82) is 5.26 Å². The van der Waals surface area contributed by atoms with Crippen LogP contribution in [0.15, 0.2) is 30.3 Å². The van der Waals surface area contributed by atoms with Crippen LogP contribution in [0.2, 0.25) is 0 Å². The number of hydrogen-bond acceptors (Lipinski definition) is 3. The summed E-state index contributed by atoms with van der Waals surface area (Å²) in [6.07, 6.45) is 1.67. The van der Waals surface area contributed by atoms with Crippen LogP contribution >= 0.6 is 0 Å². The molecule has 0 radical (unpaired) electrons. The molecule has 0 bridgehead atoms. The van der Waals surface area contributed by atoms with Crippen molar-refractivity contribution < 1.29 is 8.42 Å². The van der Waals surface area contributed by atoms with Gasteiger partial charge in [-0.1, -0.05) is 31.5 Å². The van der Waals surface area contributed by atoms with Crippen LogP contribution in [0, 0.1) is 11.3 Å². The average Bonchev–Trinajstić information content (AvgIpc) is 2.39. The summed E-state index contributed by atoms with van der Waals surface area (Å²) in [6.45, 7) is 3.83. The van der Waals surface area contributed by atoms with Gasteiger partial charge in [0.05, 0.1) is 11.8 Å². The molecule has 0 amide bonds. The smallest absolute Gasteiger partial charge is 0.251 e. The van der Waals surface area contributed by atoms with E-state index in [1.54, 1.807) is 30.3 Å². The number of rotatable bonds is 6. The number of unbranched alkanes of at least 4 members (excludes halogenated alkanes) is 1. The Hall–Kier alpha value is -1.54. The van der Waals surface area contributed by atoms with Gasteiger partial charge in [-0.3, -0.25) is 4.31 Å².